The summed E-state index contributed by atoms with van der Waals surface area (Å²) >= 11 is 0. The maximum absolute atomic E-state index is 11.8. The van der Waals surface area contributed by atoms with E-state index in [1.165, 1.54) is 19.0 Å². The molecule has 1 fully saturated rings. The van der Waals surface area contributed by atoms with Crippen LogP contribution in [0, 0.1) is 6.92 Å². The van der Waals surface area contributed by atoms with E-state index in [1.54, 1.807) is 12.1 Å². The molecular formula is C14H16N4O3. The number of aliphatic imine (C=N–C) groups is 1. The van der Waals surface area contributed by atoms with Gasteiger partial charge in [-0.15, -0.1) is 0 Å². The van der Waals surface area contributed by atoms with Crippen LogP contribution in [0.25, 0.3) is 0 Å². The number of nitrogens with one attached hydrogen (secondary N) is 1. The number of hydrogen-bond acceptors (Lipinski definition) is 3. The highest BCUT2D eigenvalue weighted by molar-refractivity contribution is 6.18. The molecule has 0 radical (unpaired) electrons. The van der Waals surface area contributed by atoms with Crippen LogP contribution in [-0.4, -0.2) is 47.7 Å². The zero-order chi connectivity index (χ0) is 15.6. The minimum absolute atomic E-state index is 0.0833. The third kappa shape index (κ3) is 3.25. The Labute approximate surface area is 122 Å². The average Bonchev–Trinajstić information content (AvgIpc) is 2.45. The summed E-state index contributed by atoms with van der Waals surface area (Å²) in [6.45, 7) is 1.94. The van der Waals surface area contributed by atoms with E-state index in [-0.39, 0.29) is 18.2 Å². The molecule has 0 saturated carbocycles. The molecule has 110 valence electrons. The van der Waals surface area contributed by atoms with Gasteiger partial charge in [0.05, 0.1) is 6.42 Å². The van der Waals surface area contributed by atoms with Crippen LogP contribution in [0.4, 0.5) is 15.3 Å². The molecule has 1 aliphatic rings. The molecule has 21 heavy (non-hydrogen) atoms. The first-order valence-electron chi connectivity index (χ1n) is 6.38. The summed E-state index contributed by atoms with van der Waals surface area (Å²) in [7, 11) is 2.87. The Morgan fingerprint density at radius 2 is 1.76 bits per heavy atom. The van der Waals surface area contributed by atoms with Crippen molar-refractivity contribution in [2.75, 3.05) is 19.4 Å². The Hall–Kier alpha value is -2.70. The maximum atomic E-state index is 11.8. The van der Waals surface area contributed by atoms with Crippen molar-refractivity contribution in [1.82, 2.24) is 9.80 Å². The topological polar surface area (TPSA) is 82.1 Å². The van der Waals surface area contributed by atoms with Crippen molar-refractivity contribution in [1.29, 1.82) is 0 Å². The van der Waals surface area contributed by atoms with Gasteiger partial charge in [-0.05, 0) is 19.1 Å². The van der Waals surface area contributed by atoms with E-state index < -0.39 is 12.1 Å². The van der Waals surface area contributed by atoms with Crippen molar-refractivity contribution < 1.29 is 14.4 Å². The van der Waals surface area contributed by atoms with E-state index in [1.807, 2.05) is 19.1 Å². The average molecular weight is 288 g/mol. The molecule has 1 saturated heterocycles. The summed E-state index contributed by atoms with van der Waals surface area (Å²) < 4.78 is 0. The molecule has 1 aromatic rings. The van der Waals surface area contributed by atoms with Crippen LogP contribution in [0.5, 0.6) is 0 Å². The number of amides is 5. The molecule has 2 rings (SSSR count). The lowest BCUT2D eigenvalue weighted by atomic mass is 10.2. The van der Waals surface area contributed by atoms with Gasteiger partial charge in [0.25, 0.3) is 0 Å². The first-order valence-corrected chi connectivity index (χ1v) is 6.38. The molecule has 0 aromatic heterocycles. The Bertz CT molecular complexity index is 622. The first kappa shape index (κ1) is 14.7. The van der Waals surface area contributed by atoms with E-state index in [2.05, 4.69) is 10.3 Å². The minimum Gasteiger partial charge on any atom is -0.306 e. The van der Waals surface area contributed by atoms with Gasteiger partial charge in [0, 0.05) is 19.8 Å². The lowest BCUT2D eigenvalue weighted by Crippen LogP contribution is -2.51. The van der Waals surface area contributed by atoms with E-state index in [9.17, 15) is 14.4 Å². The summed E-state index contributed by atoms with van der Waals surface area (Å²) in [5.41, 5.74) is 1.67. The van der Waals surface area contributed by atoms with E-state index >= 15 is 0 Å². The smallest absolute Gasteiger partial charge is 0.306 e. The van der Waals surface area contributed by atoms with Gasteiger partial charge in [0.1, 0.15) is 5.84 Å². The summed E-state index contributed by atoms with van der Waals surface area (Å²) in [6.07, 6.45) is -0.0833. The Balaban J connectivity index is 2.11. The summed E-state index contributed by atoms with van der Waals surface area (Å²) in [6, 6.07) is 6.10. The van der Waals surface area contributed by atoms with Gasteiger partial charge in [-0.3, -0.25) is 14.6 Å². The van der Waals surface area contributed by atoms with Crippen LogP contribution < -0.4 is 5.32 Å². The predicted octanol–water partition coefficient (Wildman–Crippen LogP) is 1.84. The van der Waals surface area contributed by atoms with Crippen molar-refractivity contribution in [2.24, 2.45) is 4.99 Å². The second kappa shape index (κ2) is 5.74. The fraction of sp³-hybridized carbons (Fsp3) is 0.286. The normalized spacial score (nSPS) is 17.4. The number of imide groups is 1. The molecule has 1 aromatic carbocycles. The van der Waals surface area contributed by atoms with E-state index in [4.69, 9.17) is 0 Å². The van der Waals surface area contributed by atoms with Crippen molar-refractivity contribution >= 4 is 29.5 Å². The fourth-order valence-corrected chi connectivity index (χ4v) is 1.83. The number of nitrogens with zero attached hydrogens (tertiary/aromatic N) is 3. The van der Waals surface area contributed by atoms with Gasteiger partial charge in [-0.25, -0.2) is 9.59 Å². The largest absolute Gasteiger partial charge is 0.347 e. The van der Waals surface area contributed by atoms with E-state index in [0.29, 0.717) is 5.69 Å². The SMILES string of the molecule is Cc1ccc(NC(=O)N=C2CC(=O)N(C)C(=O)N2C)cc1. The number of amidine groups is 1. The molecule has 5 amide bonds. The molecule has 1 aliphatic heterocycles. The highest BCUT2D eigenvalue weighted by Crippen LogP contribution is 2.12. The number of rotatable bonds is 1. The van der Waals surface area contributed by atoms with Crippen LogP contribution in [0.2, 0.25) is 0 Å². The van der Waals surface area contributed by atoms with Gasteiger partial charge in [0.2, 0.25) is 5.91 Å². The quantitative estimate of drug-likeness (QED) is 0.856. The molecule has 0 aliphatic carbocycles. The highest BCUT2D eigenvalue weighted by atomic mass is 16.2. The molecule has 0 unspecified atom stereocenters. The fourth-order valence-electron chi connectivity index (χ4n) is 1.83. The Morgan fingerprint density at radius 1 is 1.14 bits per heavy atom. The molecule has 7 nitrogen and oxygen atoms in total. The number of benzene rings is 1. The summed E-state index contributed by atoms with van der Waals surface area (Å²) in [4.78, 5) is 41.2. The highest BCUT2D eigenvalue weighted by Gasteiger charge is 2.31. The van der Waals surface area contributed by atoms with Crippen LogP contribution in [0.1, 0.15) is 12.0 Å². The third-order valence-corrected chi connectivity index (χ3v) is 3.18. The number of carbonyl (C=O) groups excluding carboxylic acids is 3. The van der Waals surface area contributed by atoms with Crippen molar-refractivity contribution in [2.45, 2.75) is 13.3 Å². The molecule has 0 bridgehead atoms. The maximum Gasteiger partial charge on any atom is 0.347 e. The minimum atomic E-state index is -0.620. The summed E-state index contributed by atoms with van der Waals surface area (Å²) in [5, 5.41) is 2.59. The van der Waals surface area contributed by atoms with Crippen LogP contribution in [0.15, 0.2) is 29.3 Å². The molecule has 1 heterocycles. The number of carbonyl (C=O) groups is 3. The lowest BCUT2D eigenvalue weighted by Gasteiger charge is -2.29. The van der Waals surface area contributed by atoms with Crippen LogP contribution >= 0.6 is 0 Å². The van der Waals surface area contributed by atoms with Crippen molar-refractivity contribution in [3.63, 3.8) is 0 Å². The zero-order valence-electron chi connectivity index (χ0n) is 12.1. The zero-order valence-corrected chi connectivity index (χ0v) is 12.1. The van der Waals surface area contributed by atoms with Crippen molar-refractivity contribution in [3.05, 3.63) is 29.8 Å². The van der Waals surface area contributed by atoms with Gasteiger partial charge < -0.3 is 5.32 Å². The Kier molecular flexibility index (Phi) is 4.02. The van der Waals surface area contributed by atoms with E-state index in [0.717, 1.165) is 10.5 Å². The molecule has 7 heteroatoms. The third-order valence-electron chi connectivity index (χ3n) is 3.18. The molecular weight excluding hydrogens is 272 g/mol. The van der Waals surface area contributed by atoms with Crippen LogP contribution in [-0.2, 0) is 4.79 Å². The van der Waals surface area contributed by atoms with Gasteiger partial charge in [-0.2, -0.15) is 4.99 Å². The molecule has 1 N–H and O–H groups in total. The number of aryl methyl sites for hydroxylation is 1. The Morgan fingerprint density at radius 3 is 2.38 bits per heavy atom. The number of urea groups is 2. The van der Waals surface area contributed by atoms with Crippen LogP contribution in [0.3, 0.4) is 0 Å². The monoisotopic (exact) mass is 288 g/mol. The molecule has 0 spiro atoms. The number of anilines is 1. The second-order valence-electron chi connectivity index (χ2n) is 4.80. The van der Waals surface area contributed by atoms with Gasteiger partial charge >= 0.3 is 12.1 Å². The second-order valence-corrected chi connectivity index (χ2v) is 4.80. The standard InChI is InChI=1S/C14H16N4O3/c1-9-4-6-10(7-5-9)15-13(20)16-11-8-12(19)18(3)14(21)17(11)2/h4-7H,8H2,1-3H3,(H,15,20). The first-order chi connectivity index (χ1) is 9.88. The van der Waals surface area contributed by atoms with Gasteiger partial charge in [0.15, 0.2) is 0 Å². The lowest BCUT2D eigenvalue weighted by molar-refractivity contribution is -0.127. The predicted molar refractivity (Wildman–Crippen MR) is 78.2 cm³/mol. The van der Waals surface area contributed by atoms with Gasteiger partial charge in [-0.1, -0.05) is 17.7 Å². The summed E-state index contributed by atoms with van der Waals surface area (Å²) in [5.74, 6) is -0.257. The molecule has 0 atom stereocenters. The van der Waals surface area contributed by atoms with Crippen molar-refractivity contribution in [3.8, 4) is 0 Å². The number of hydrogen-bond donors (Lipinski definition) is 1.